The van der Waals surface area contributed by atoms with E-state index in [-0.39, 0.29) is 23.7 Å². The minimum Gasteiger partial charge on any atom is -0.492 e. The van der Waals surface area contributed by atoms with Gasteiger partial charge in [0, 0.05) is 13.1 Å². The summed E-state index contributed by atoms with van der Waals surface area (Å²) in [5.41, 5.74) is -0.215. The van der Waals surface area contributed by atoms with Gasteiger partial charge >= 0.3 is 0 Å². The van der Waals surface area contributed by atoms with Crippen LogP contribution in [0.15, 0.2) is 53.4 Å². The van der Waals surface area contributed by atoms with Crippen molar-refractivity contribution in [2.24, 2.45) is 0 Å². The minimum absolute atomic E-state index is 0.0614. The molecule has 1 aliphatic rings. The molecule has 1 saturated heterocycles. The van der Waals surface area contributed by atoms with Gasteiger partial charge in [0.1, 0.15) is 24.2 Å². The molecular weight excluding hydrogens is 485 g/mol. The number of sulfonamides is 2. The van der Waals surface area contributed by atoms with Crippen molar-refractivity contribution >= 4 is 31.6 Å². The number of benzene rings is 2. The van der Waals surface area contributed by atoms with E-state index in [4.69, 9.17) is 4.74 Å². The Bertz CT molecular complexity index is 1210. The highest BCUT2D eigenvalue weighted by Gasteiger charge is 2.31. The molecule has 9 nitrogen and oxygen atoms in total. The van der Waals surface area contributed by atoms with Crippen molar-refractivity contribution in [3.63, 3.8) is 0 Å². The second kappa shape index (κ2) is 10.7. The second-order valence-electron chi connectivity index (χ2n) is 7.91. The first kappa shape index (κ1) is 25.9. The van der Waals surface area contributed by atoms with E-state index in [0.717, 1.165) is 29.5 Å². The van der Waals surface area contributed by atoms with Crippen molar-refractivity contribution < 1.29 is 30.8 Å². The normalized spacial score (nSPS) is 15.6. The number of hydrogen-bond donors (Lipinski definition) is 1. The summed E-state index contributed by atoms with van der Waals surface area (Å²) in [6.45, 7) is 2.53. The van der Waals surface area contributed by atoms with Gasteiger partial charge in [0.15, 0.2) is 0 Å². The number of para-hydroxylation sites is 1. The highest BCUT2D eigenvalue weighted by atomic mass is 32.2. The van der Waals surface area contributed by atoms with Crippen LogP contribution in [-0.2, 0) is 24.8 Å². The van der Waals surface area contributed by atoms with Crippen LogP contribution >= 0.6 is 0 Å². The molecule has 1 atom stereocenters. The zero-order chi connectivity index (χ0) is 24.9. The zero-order valence-electron chi connectivity index (χ0n) is 19.0. The lowest BCUT2D eigenvalue weighted by Gasteiger charge is -2.28. The number of carbonyl (C=O) groups is 1. The summed E-state index contributed by atoms with van der Waals surface area (Å²) in [6, 6.07) is 10.1. The topological polar surface area (TPSA) is 113 Å². The molecule has 1 aliphatic heterocycles. The summed E-state index contributed by atoms with van der Waals surface area (Å²) in [5, 5.41) is 2.57. The standard InChI is InChI=1S/C22H28FN3O6S2/c1-17(26(33(2,28)29)21-8-4-3-7-20(21)23)22(27)24-13-16-32-18-9-11-19(12-10-18)34(30,31)25-14-5-6-15-25/h3-4,7-12,17H,5-6,13-16H2,1-2H3,(H,24,27)/t17-/m1/s1. The van der Waals surface area contributed by atoms with E-state index < -0.39 is 37.8 Å². The Morgan fingerprint density at radius 3 is 2.29 bits per heavy atom. The van der Waals surface area contributed by atoms with E-state index in [1.54, 1.807) is 0 Å². The maximum absolute atomic E-state index is 14.2. The van der Waals surface area contributed by atoms with Crippen molar-refractivity contribution in [2.75, 3.05) is 36.8 Å². The Labute approximate surface area is 199 Å². The van der Waals surface area contributed by atoms with Crippen molar-refractivity contribution in [3.05, 3.63) is 54.3 Å². The van der Waals surface area contributed by atoms with Crippen LogP contribution in [-0.4, -0.2) is 65.6 Å². The van der Waals surface area contributed by atoms with Gasteiger partial charge in [-0.1, -0.05) is 12.1 Å². The van der Waals surface area contributed by atoms with Gasteiger partial charge in [-0.15, -0.1) is 0 Å². The van der Waals surface area contributed by atoms with Gasteiger partial charge in [-0.25, -0.2) is 21.2 Å². The predicted molar refractivity (Wildman–Crippen MR) is 126 cm³/mol. The Morgan fingerprint density at radius 1 is 1.09 bits per heavy atom. The van der Waals surface area contributed by atoms with Gasteiger partial charge in [-0.3, -0.25) is 9.10 Å². The molecule has 2 aromatic rings. The zero-order valence-corrected chi connectivity index (χ0v) is 20.6. The number of rotatable bonds is 10. The number of halogens is 1. The fourth-order valence-electron chi connectivity index (χ4n) is 3.69. The number of ether oxygens (including phenoxy) is 1. The van der Waals surface area contributed by atoms with Gasteiger partial charge in [0.2, 0.25) is 26.0 Å². The fraction of sp³-hybridized carbons (Fsp3) is 0.409. The smallest absolute Gasteiger partial charge is 0.243 e. The summed E-state index contributed by atoms with van der Waals surface area (Å²) in [5.74, 6) is -0.956. The summed E-state index contributed by atoms with van der Waals surface area (Å²) in [6.07, 6.45) is 2.61. The largest absolute Gasteiger partial charge is 0.492 e. The quantitative estimate of drug-likeness (QED) is 0.486. The molecule has 0 bridgehead atoms. The maximum atomic E-state index is 14.2. The molecule has 3 rings (SSSR count). The highest BCUT2D eigenvalue weighted by molar-refractivity contribution is 7.92. The summed E-state index contributed by atoms with van der Waals surface area (Å²) in [4.78, 5) is 12.7. The van der Waals surface area contributed by atoms with Crippen LogP contribution in [0.2, 0.25) is 0 Å². The Kier molecular flexibility index (Phi) is 8.16. The molecule has 1 N–H and O–H groups in total. The van der Waals surface area contributed by atoms with E-state index in [2.05, 4.69) is 5.32 Å². The molecule has 1 amide bonds. The lowest BCUT2D eigenvalue weighted by molar-refractivity contribution is -0.121. The predicted octanol–water partition coefficient (Wildman–Crippen LogP) is 1.96. The van der Waals surface area contributed by atoms with E-state index in [1.165, 1.54) is 53.7 Å². The molecule has 0 spiro atoms. The fourth-order valence-corrected chi connectivity index (χ4v) is 6.38. The summed E-state index contributed by atoms with van der Waals surface area (Å²) in [7, 11) is -7.44. The van der Waals surface area contributed by atoms with Crippen LogP contribution in [0, 0.1) is 5.82 Å². The first-order chi connectivity index (χ1) is 16.0. The van der Waals surface area contributed by atoms with Gasteiger partial charge in [-0.2, -0.15) is 4.31 Å². The monoisotopic (exact) mass is 513 g/mol. The molecule has 0 aliphatic carbocycles. The molecule has 186 valence electrons. The third kappa shape index (κ3) is 6.05. The first-order valence-corrected chi connectivity index (χ1v) is 14.1. The van der Waals surface area contributed by atoms with Crippen LogP contribution in [0.3, 0.4) is 0 Å². The van der Waals surface area contributed by atoms with Gasteiger partial charge < -0.3 is 10.1 Å². The van der Waals surface area contributed by atoms with Crippen LogP contribution in [0.25, 0.3) is 0 Å². The van der Waals surface area contributed by atoms with Gasteiger partial charge in [0.05, 0.1) is 23.4 Å². The third-order valence-corrected chi connectivity index (χ3v) is 8.52. The number of nitrogens with one attached hydrogen (secondary N) is 1. The molecule has 0 aromatic heterocycles. The summed E-state index contributed by atoms with van der Waals surface area (Å²) >= 11 is 0. The third-order valence-electron chi connectivity index (χ3n) is 5.37. The van der Waals surface area contributed by atoms with E-state index >= 15 is 0 Å². The Balaban J connectivity index is 1.55. The van der Waals surface area contributed by atoms with E-state index in [0.29, 0.717) is 18.8 Å². The molecule has 12 heteroatoms. The average Bonchev–Trinajstić information content (AvgIpc) is 3.33. The SMILES string of the molecule is C[C@H](C(=O)NCCOc1ccc(S(=O)(=O)N2CCCC2)cc1)N(c1ccccc1F)S(C)(=O)=O. The summed E-state index contributed by atoms with van der Waals surface area (Å²) < 4.78 is 71.5. The molecule has 0 unspecified atom stereocenters. The molecular formula is C22H28FN3O6S2. The second-order valence-corrected chi connectivity index (χ2v) is 11.7. The van der Waals surface area contributed by atoms with Crippen molar-refractivity contribution in [1.82, 2.24) is 9.62 Å². The Morgan fingerprint density at radius 2 is 1.71 bits per heavy atom. The van der Waals surface area contributed by atoms with Crippen molar-refractivity contribution in [3.8, 4) is 5.75 Å². The van der Waals surface area contributed by atoms with Crippen molar-refractivity contribution in [2.45, 2.75) is 30.7 Å². The molecule has 34 heavy (non-hydrogen) atoms. The molecule has 0 saturated carbocycles. The van der Waals surface area contributed by atoms with Crippen LogP contribution < -0.4 is 14.4 Å². The number of amides is 1. The van der Waals surface area contributed by atoms with E-state index in [9.17, 15) is 26.0 Å². The highest BCUT2D eigenvalue weighted by Crippen LogP contribution is 2.24. The van der Waals surface area contributed by atoms with E-state index in [1.807, 2.05) is 0 Å². The molecule has 2 aromatic carbocycles. The van der Waals surface area contributed by atoms with Crippen LogP contribution in [0.1, 0.15) is 19.8 Å². The average molecular weight is 514 g/mol. The molecule has 1 heterocycles. The lowest BCUT2D eigenvalue weighted by Crippen LogP contribution is -2.48. The van der Waals surface area contributed by atoms with Gasteiger partial charge in [-0.05, 0) is 56.2 Å². The molecule has 0 radical (unpaired) electrons. The first-order valence-electron chi connectivity index (χ1n) is 10.8. The Hall–Kier alpha value is -2.70. The minimum atomic E-state index is -3.93. The number of nitrogens with zero attached hydrogens (tertiary/aromatic N) is 2. The number of hydrogen-bond acceptors (Lipinski definition) is 6. The number of anilines is 1. The number of carbonyl (C=O) groups excluding carboxylic acids is 1. The van der Waals surface area contributed by atoms with Crippen LogP contribution in [0.5, 0.6) is 5.75 Å². The van der Waals surface area contributed by atoms with Crippen molar-refractivity contribution in [1.29, 1.82) is 0 Å². The lowest BCUT2D eigenvalue weighted by atomic mass is 10.2. The maximum Gasteiger partial charge on any atom is 0.243 e. The molecule has 1 fully saturated rings. The van der Waals surface area contributed by atoms with Crippen LogP contribution in [0.4, 0.5) is 10.1 Å². The van der Waals surface area contributed by atoms with Gasteiger partial charge in [0.25, 0.3) is 0 Å².